The third kappa shape index (κ3) is 4.01. The van der Waals surface area contributed by atoms with E-state index in [1.165, 1.54) is 0 Å². The largest absolute Gasteiger partial charge is 0.310 e. The number of hydrogen-bond donors (Lipinski definition) is 1. The molecule has 24 heavy (non-hydrogen) atoms. The topological polar surface area (TPSA) is 63.6 Å². The standard InChI is InChI=1S/C18H21N5S/c1-12(15-10-21-14(3)22-13(15)2)19-9-7-18-23-17(11-24-18)16-6-4-5-8-20-16/h4-6,8,10-12,19H,7,9H2,1-3H3/t12-/m1/s1. The number of thiazole rings is 1. The van der Waals surface area contributed by atoms with Gasteiger partial charge in [-0.25, -0.2) is 15.0 Å². The Balaban J connectivity index is 1.56. The van der Waals surface area contributed by atoms with E-state index in [-0.39, 0.29) is 6.04 Å². The molecule has 0 aromatic carbocycles. The van der Waals surface area contributed by atoms with Crippen LogP contribution >= 0.6 is 11.3 Å². The molecule has 6 heteroatoms. The molecule has 0 radical (unpaired) electrons. The molecule has 3 heterocycles. The molecule has 0 saturated heterocycles. The molecule has 0 amide bonds. The highest BCUT2D eigenvalue weighted by molar-refractivity contribution is 7.09. The fourth-order valence-electron chi connectivity index (χ4n) is 2.58. The van der Waals surface area contributed by atoms with Crippen molar-refractivity contribution in [2.45, 2.75) is 33.2 Å². The van der Waals surface area contributed by atoms with Crippen molar-refractivity contribution < 1.29 is 0 Å². The number of aryl methyl sites for hydroxylation is 2. The maximum atomic E-state index is 4.67. The molecule has 0 unspecified atom stereocenters. The molecular formula is C18H21N5S. The first-order chi connectivity index (χ1) is 11.6. The average molecular weight is 339 g/mol. The third-order valence-corrected chi connectivity index (χ3v) is 4.78. The van der Waals surface area contributed by atoms with E-state index in [9.17, 15) is 0 Å². The maximum Gasteiger partial charge on any atom is 0.125 e. The van der Waals surface area contributed by atoms with Crippen molar-refractivity contribution >= 4 is 11.3 Å². The van der Waals surface area contributed by atoms with Gasteiger partial charge in [0.05, 0.1) is 16.4 Å². The lowest BCUT2D eigenvalue weighted by Gasteiger charge is -2.15. The van der Waals surface area contributed by atoms with Gasteiger partial charge in [0, 0.05) is 48.0 Å². The Morgan fingerprint density at radius 2 is 2.00 bits per heavy atom. The van der Waals surface area contributed by atoms with Crippen LogP contribution in [0.25, 0.3) is 11.4 Å². The summed E-state index contributed by atoms with van der Waals surface area (Å²) < 4.78 is 0. The molecule has 5 nitrogen and oxygen atoms in total. The van der Waals surface area contributed by atoms with Crippen LogP contribution in [0, 0.1) is 13.8 Å². The van der Waals surface area contributed by atoms with Crippen molar-refractivity contribution in [3.63, 3.8) is 0 Å². The van der Waals surface area contributed by atoms with Crippen LogP contribution in [0.2, 0.25) is 0 Å². The molecule has 0 saturated carbocycles. The fourth-order valence-corrected chi connectivity index (χ4v) is 3.37. The SMILES string of the molecule is Cc1ncc([C@@H](C)NCCc2nc(-c3ccccn3)cs2)c(C)n1. The van der Waals surface area contributed by atoms with E-state index < -0.39 is 0 Å². The van der Waals surface area contributed by atoms with Crippen LogP contribution in [0.3, 0.4) is 0 Å². The molecule has 0 aliphatic rings. The van der Waals surface area contributed by atoms with Crippen molar-refractivity contribution in [2.24, 2.45) is 0 Å². The number of hydrogen-bond acceptors (Lipinski definition) is 6. The smallest absolute Gasteiger partial charge is 0.125 e. The summed E-state index contributed by atoms with van der Waals surface area (Å²) in [6.45, 7) is 6.95. The zero-order chi connectivity index (χ0) is 16.9. The summed E-state index contributed by atoms with van der Waals surface area (Å²) in [6.07, 6.45) is 4.61. The summed E-state index contributed by atoms with van der Waals surface area (Å²) >= 11 is 1.68. The van der Waals surface area contributed by atoms with Crippen LogP contribution in [-0.2, 0) is 6.42 Å². The van der Waals surface area contributed by atoms with Gasteiger partial charge in [-0.2, -0.15) is 0 Å². The monoisotopic (exact) mass is 339 g/mol. The van der Waals surface area contributed by atoms with E-state index >= 15 is 0 Å². The fraction of sp³-hybridized carbons (Fsp3) is 0.333. The van der Waals surface area contributed by atoms with Crippen molar-refractivity contribution in [2.75, 3.05) is 6.54 Å². The van der Waals surface area contributed by atoms with Crippen molar-refractivity contribution in [1.29, 1.82) is 0 Å². The first kappa shape index (κ1) is 16.7. The maximum absolute atomic E-state index is 4.67. The van der Waals surface area contributed by atoms with Crippen LogP contribution < -0.4 is 5.32 Å². The Morgan fingerprint density at radius 3 is 2.75 bits per heavy atom. The van der Waals surface area contributed by atoms with E-state index in [4.69, 9.17) is 0 Å². The Labute approximate surface area is 146 Å². The molecule has 0 aliphatic heterocycles. The molecular weight excluding hydrogens is 318 g/mol. The van der Waals surface area contributed by atoms with E-state index in [1.807, 2.05) is 38.2 Å². The van der Waals surface area contributed by atoms with Gasteiger partial charge in [-0.1, -0.05) is 6.07 Å². The van der Waals surface area contributed by atoms with Gasteiger partial charge in [0.25, 0.3) is 0 Å². The van der Waals surface area contributed by atoms with Crippen molar-refractivity contribution in [1.82, 2.24) is 25.3 Å². The lowest BCUT2D eigenvalue weighted by Crippen LogP contribution is -2.22. The number of pyridine rings is 1. The Kier molecular flexibility index (Phi) is 5.27. The van der Waals surface area contributed by atoms with Gasteiger partial charge in [-0.15, -0.1) is 11.3 Å². The molecule has 3 aromatic rings. The molecule has 124 valence electrons. The molecule has 3 aromatic heterocycles. The van der Waals surface area contributed by atoms with Gasteiger partial charge in [0.2, 0.25) is 0 Å². The van der Waals surface area contributed by atoms with E-state index in [2.05, 4.69) is 37.6 Å². The minimum absolute atomic E-state index is 0.223. The molecule has 0 bridgehead atoms. The van der Waals surface area contributed by atoms with Gasteiger partial charge >= 0.3 is 0 Å². The van der Waals surface area contributed by atoms with E-state index in [0.29, 0.717) is 0 Å². The minimum atomic E-state index is 0.223. The van der Waals surface area contributed by atoms with Crippen LogP contribution in [0.5, 0.6) is 0 Å². The van der Waals surface area contributed by atoms with Gasteiger partial charge in [0.1, 0.15) is 5.82 Å². The molecule has 1 atom stereocenters. The number of nitrogens with one attached hydrogen (secondary N) is 1. The van der Waals surface area contributed by atoms with Crippen molar-refractivity contribution in [3.05, 3.63) is 58.1 Å². The number of rotatable bonds is 6. The predicted molar refractivity (Wildman–Crippen MR) is 97.0 cm³/mol. The Bertz CT molecular complexity index is 800. The zero-order valence-corrected chi connectivity index (χ0v) is 15.0. The first-order valence-corrected chi connectivity index (χ1v) is 8.91. The summed E-state index contributed by atoms with van der Waals surface area (Å²) in [7, 11) is 0. The number of nitrogens with zero attached hydrogens (tertiary/aromatic N) is 4. The quantitative estimate of drug-likeness (QED) is 0.744. The summed E-state index contributed by atoms with van der Waals surface area (Å²) in [4.78, 5) is 17.7. The number of aromatic nitrogens is 4. The van der Waals surface area contributed by atoms with Crippen molar-refractivity contribution in [3.8, 4) is 11.4 Å². The lowest BCUT2D eigenvalue weighted by molar-refractivity contribution is 0.568. The second-order valence-electron chi connectivity index (χ2n) is 5.73. The highest BCUT2D eigenvalue weighted by Gasteiger charge is 2.10. The van der Waals surface area contributed by atoms with Crippen LogP contribution in [0.15, 0.2) is 36.0 Å². The summed E-state index contributed by atoms with van der Waals surface area (Å²) in [6, 6.07) is 6.11. The Morgan fingerprint density at radius 1 is 1.12 bits per heavy atom. The predicted octanol–water partition coefficient (Wildman–Crippen LogP) is 3.51. The molecule has 3 rings (SSSR count). The van der Waals surface area contributed by atoms with Crippen LogP contribution in [-0.4, -0.2) is 26.5 Å². The summed E-state index contributed by atoms with van der Waals surface area (Å²) in [5.74, 6) is 0.813. The van der Waals surface area contributed by atoms with E-state index in [0.717, 1.165) is 46.4 Å². The minimum Gasteiger partial charge on any atom is -0.310 e. The summed E-state index contributed by atoms with van der Waals surface area (Å²) in [5, 5.41) is 6.71. The van der Waals surface area contributed by atoms with Gasteiger partial charge < -0.3 is 5.32 Å². The summed E-state index contributed by atoms with van der Waals surface area (Å²) in [5.41, 5.74) is 4.06. The molecule has 0 aliphatic carbocycles. The van der Waals surface area contributed by atoms with Crippen LogP contribution in [0.4, 0.5) is 0 Å². The molecule has 0 spiro atoms. The normalized spacial score (nSPS) is 12.3. The average Bonchev–Trinajstić information content (AvgIpc) is 3.04. The second-order valence-corrected chi connectivity index (χ2v) is 6.67. The van der Waals surface area contributed by atoms with Gasteiger partial charge in [-0.3, -0.25) is 4.98 Å². The molecule has 1 N–H and O–H groups in total. The third-order valence-electron chi connectivity index (χ3n) is 3.87. The first-order valence-electron chi connectivity index (χ1n) is 8.03. The highest BCUT2D eigenvalue weighted by Crippen LogP contribution is 2.20. The Hall–Kier alpha value is -2.18. The molecule has 0 fully saturated rings. The van der Waals surface area contributed by atoms with Gasteiger partial charge in [0.15, 0.2) is 0 Å². The second kappa shape index (κ2) is 7.59. The van der Waals surface area contributed by atoms with Gasteiger partial charge in [-0.05, 0) is 32.9 Å². The van der Waals surface area contributed by atoms with E-state index in [1.54, 1.807) is 17.5 Å². The zero-order valence-electron chi connectivity index (χ0n) is 14.2. The highest BCUT2D eigenvalue weighted by atomic mass is 32.1. The van der Waals surface area contributed by atoms with Crippen LogP contribution in [0.1, 0.15) is 35.1 Å². The lowest BCUT2D eigenvalue weighted by atomic mass is 10.1.